The molecule has 3 rings (SSSR count). The summed E-state index contributed by atoms with van der Waals surface area (Å²) in [4.78, 5) is 7.63. The van der Waals surface area contributed by atoms with Gasteiger partial charge in [-0.05, 0) is 71.2 Å². The Morgan fingerprint density at radius 2 is 2.17 bits per heavy atom. The van der Waals surface area contributed by atoms with Gasteiger partial charge in [0.1, 0.15) is 5.75 Å². The number of nitrogens with zero attached hydrogens (tertiary/aromatic N) is 2. The van der Waals surface area contributed by atoms with Gasteiger partial charge in [0.15, 0.2) is 0 Å². The van der Waals surface area contributed by atoms with Crippen molar-refractivity contribution in [2.75, 3.05) is 12.0 Å². The number of aromatic nitrogens is 2. The second-order valence-electron chi connectivity index (χ2n) is 5.10. The van der Waals surface area contributed by atoms with Crippen LogP contribution in [0.5, 0.6) is 5.75 Å². The van der Waals surface area contributed by atoms with E-state index in [0.717, 1.165) is 26.8 Å². The molecule has 0 aliphatic rings. The van der Waals surface area contributed by atoms with Crippen LogP contribution in [0.15, 0.2) is 46.0 Å². The number of fused-ring (bicyclic) bond motifs is 1. The lowest BCUT2D eigenvalue weighted by atomic mass is 10.2. The Labute approximate surface area is 142 Å². The van der Waals surface area contributed by atoms with E-state index in [1.807, 2.05) is 37.3 Å². The Kier molecular flexibility index (Phi) is 4.62. The molecule has 1 aromatic heterocycles. The lowest BCUT2D eigenvalue weighted by Crippen LogP contribution is -1.95. The molecule has 0 radical (unpaired) electrons. The molecule has 0 saturated carbocycles. The van der Waals surface area contributed by atoms with Gasteiger partial charge >= 0.3 is 0 Å². The topological polar surface area (TPSA) is 62.3 Å². The molecule has 23 heavy (non-hydrogen) atoms. The fourth-order valence-electron chi connectivity index (χ4n) is 2.21. The van der Waals surface area contributed by atoms with Crippen molar-refractivity contribution < 1.29 is 4.74 Å². The van der Waals surface area contributed by atoms with Crippen molar-refractivity contribution in [3.05, 3.63) is 52.0 Å². The normalized spacial score (nSPS) is 11.3. The van der Waals surface area contributed by atoms with Gasteiger partial charge in [0.2, 0.25) is 5.95 Å². The number of anilines is 1. The number of hydrazone groups is 1. The number of nitrogens with one attached hydrogen (secondary N) is 2. The first-order valence-electron chi connectivity index (χ1n) is 7.33. The number of ether oxygens (including phenoxy) is 1. The van der Waals surface area contributed by atoms with Gasteiger partial charge < -0.3 is 9.72 Å². The van der Waals surface area contributed by atoms with E-state index >= 15 is 0 Å². The van der Waals surface area contributed by atoms with Crippen LogP contribution >= 0.6 is 15.9 Å². The van der Waals surface area contributed by atoms with Gasteiger partial charge in [0, 0.05) is 0 Å². The minimum absolute atomic E-state index is 0.617. The summed E-state index contributed by atoms with van der Waals surface area (Å²) in [5, 5.41) is 4.22. The molecule has 1 heterocycles. The molecule has 0 spiro atoms. The van der Waals surface area contributed by atoms with Gasteiger partial charge in [-0.1, -0.05) is 6.07 Å². The summed E-state index contributed by atoms with van der Waals surface area (Å²) in [5.41, 5.74) is 6.97. The van der Waals surface area contributed by atoms with Crippen molar-refractivity contribution in [1.82, 2.24) is 9.97 Å². The number of hydrogen-bond donors (Lipinski definition) is 2. The second-order valence-corrected chi connectivity index (χ2v) is 5.95. The zero-order chi connectivity index (χ0) is 16.2. The van der Waals surface area contributed by atoms with Crippen molar-refractivity contribution in [2.24, 2.45) is 5.10 Å². The van der Waals surface area contributed by atoms with Crippen molar-refractivity contribution >= 4 is 39.1 Å². The maximum Gasteiger partial charge on any atom is 0.222 e. The van der Waals surface area contributed by atoms with Crippen molar-refractivity contribution in [3.8, 4) is 5.75 Å². The first kappa shape index (κ1) is 15.6. The summed E-state index contributed by atoms with van der Waals surface area (Å²) >= 11 is 3.49. The second kappa shape index (κ2) is 6.83. The lowest BCUT2D eigenvalue weighted by molar-refractivity contribution is 0.338. The molecule has 0 aliphatic carbocycles. The largest absolute Gasteiger partial charge is 0.493 e. The first-order chi connectivity index (χ1) is 11.2. The Bertz CT molecular complexity index is 857. The highest BCUT2D eigenvalue weighted by Crippen LogP contribution is 2.25. The Morgan fingerprint density at radius 3 is 2.96 bits per heavy atom. The van der Waals surface area contributed by atoms with Crippen LogP contribution in [0.4, 0.5) is 5.95 Å². The predicted octanol–water partition coefficient (Wildman–Crippen LogP) is 4.48. The summed E-state index contributed by atoms with van der Waals surface area (Å²) in [6, 6.07) is 11.9. The van der Waals surface area contributed by atoms with Gasteiger partial charge in [-0.3, -0.25) is 0 Å². The van der Waals surface area contributed by atoms with E-state index < -0.39 is 0 Å². The predicted molar refractivity (Wildman–Crippen MR) is 97.4 cm³/mol. The van der Waals surface area contributed by atoms with Crippen LogP contribution in [0.25, 0.3) is 11.0 Å². The Morgan fingerprint density at radius 1 is 1.30 bits per heavy atom. The monoisotopic (exact) mass is 372 g/mol. The van der Waals surface area contributed by atoms with Crippen LogP contribution in [0, 0.1) is 6.92 Å². The summed E-state index contributed by atoms with van der Waals surface area (Å²) in [7, 11) is 0. The van der Waals surface area contributed by atoms with Crippen LogP contribution in [-0.2, 0) is 0 Å². The molecule has 0 fully saturated rings. The standard InChI is InChI=1S/C17H17BrN4O/c1-3-23-16-7-5-12(9-13(16)18)10-19-22-17-20-14-6-4-11(2)8-15(14)21-17/h4-10H,3H2,1-2H3,(H2,20,21,22)/b19-10-. The molecule has 2 aromatic carbocycles. The zero-order valence-electron chi connectivity index (χ0n) is 12.9. The number of H-pyrrole nitrogens is 1. The number of halogens is 1. The highest BCUT2D eigenvalue weighted by atomic mass is 79.9. The third kappa shape index (κ3) is 3.71. The fraction of sp³-hybridized carbons (Fsp3) is 0.176. The van der Waals surface area contributed by atoms with Crippen LogP contribution in [0.1, 0.15) is 18.1 Å². The Balaban J connectivity index is 1.71. The van der Waals surface area contributed by atoms with E-state index in [2.05, 4.69) is 49.4 Å². The van der Waals surface area contributed by atoms with Crippen LogP contribution in [0.3, 0.4) is 0 Å². The van der Waals surface area contributed by atoms with Crippen molar-refractivity contribution in [1.29, 1.82) is 0 Å². The van der Waals surface area contributed by atoms with E-state index in [4.69, 9.17) is 4.74 Å². The quantitative estimate of drug-likeness (QED) is 0.512. The molecule has 0 aliphatic heterocycles. The van der Waals surface area contributed by atoms with Crippen LogP contribution < -0.4 is 10.2 Å². The molecule has 0 bridgehead atoms. The number of aromatic amines is 1. The lowest BCUT2D eigenvalue weighted by Gasteiger charge is -2.05. The summed E-state index contributed by atoms with van der Waals surface area (Å²) in [5.74, 6) is 1.44. The number of benzene rings is 2. The number of rotatable bonds is 5. The highest BCUT2D eigenvalue weighted by molar-refractivity contribution is 9.10. The maximum absolute atomic E-state index is 5.49. The summed E-state index contributed by atoms with van der Waals surface area (Å²) in [6.45, 7) is 4.65. The molecule has 118 valence electrons. The minimum Gasteiger partial charge on any atom is -0.493 e. The molecule has 5 nitrogen and oxygen atoms in total. The minimum atomic E-state index is 0.617. The smallest absolute Gasteiger partial charge is 0.222 e. The number of hydrogen-bond acceptors (Lipinski definition) is 4. The molecule has 0 atom stereocenters. The number of imidazole rings is 1. The summed E-state index contributed by atoms with van der Waals surface area (Å²) < 4.78 is 6.39. The highest BCUT2D eigenvalue weighted by Gasteiger charge is 2.02. The zero-order valence-corrected chi connectivity index (χ0v) is 14.5. The molecule has 6 heteroatoms. The van der Waals surface area contributed by atoms with Gasteiger partial charge in [-0.15, -0.1) is 0 Å². The number of aryl methyl sites for hydroxylation is 1. The van der Waals surface area contributed by atoms with E-state index in [9.17, 15) is 0 Å². The van der Waals surface area contributed by atoms with Crippen LogP contribution in [-0.4, -0.2) is 22.8 Å². The molecule has 0 amide bonds. The van der Waals surface area contributed by atoms with E-state index in [1.54, 1.807) is 6.21 Å². The van der Waals surface area contributed by atoms with E-state index in [-0.39, 0.29) is 0 Å². The van der Waals surface area contributed by atoms with Gasteiger partial charge in [0.05, 0.1) is 28.3 Å². The van der Waals surface area contributed by atoms with E-state index in [1.165, 1.54) is 5.56 Å². The molecular weight excluding hydrogens is 356 g/mol. The maximum atomic E-state index is 5.49. The van der Waals surface area contributed by atoms with Gasteiger partial charge in [-0.25, -0.2) is 10.4 Å². The SMILES string of the molecule is CCOc1ccc(/C=N\Nc2nc3ccc(C)cc3[nH]2)cc1Br. The average Bonchev–Trinajstić information content (AvgIpc) is 2.92. The summed E-state index contributed by atoms with van der Waals surface area (Å²) in [6.07, 6.45) is 1.74. The fourth-order valence-corrected chi connectivity index (χ4v) is 2.73. The molecular formula is C17H17BrN4O. The molecule has 3 aromatic rings. The first-order valence-corrected chi connectivity index (χ1v) is 8.13. The van der Waals surface area contributed by atoms with E-state index in [0.29, 0.717) is 12.6 Å². The average molecular weight is 373 g/mol. The Hall–Kier alpha value is -2.34. The van der Waals surface area contributed by atoms with Crippen LogP contribution in [0.2, 0.25) is 0 Å². The van der Waals surface area contributed by atoms with Crippen molar-refractivity contribution in [3.63, 3.8) is 0 Å². The molecule has 0 unspecified atom stereocenters. The van der Waals surface area contributed by atoms with Gasteiger partial charge in [-0.2, -0.15) is 5.10 Å². The van der Waals surface area contributed by atoms with Crippen molar-refractivity contribution in [2.45, 2.75) is 13.8 Å². The molecule has 2 N–H and O–H groups in total. The third-order valence-electron chi connectivity index (χ3n) is 3.28. The third-order valence-corrected chi connectivity index (χ3v) is 3.90. The van der Waals surface area contributed by atoms with Gasteiger partial charge in [0.25, 0.3) is 0 Å². The molecule has 0 saturated heterocycles.